The molecule has 0 bridgehead atoms. The van der Waals surface area contributed by atoms with Crippen molar-refractivity contribution in [3.63, 3.8) is 0 Å². The predicted octanol–water partition coefficient (Wildman–Crippen LogP) is 4.14. The summed E-state index contributed by atoms with van der Waals surface area (Å²) in [7, 11) is 0. The average molecular weight is 320 g/mol. The number of thiazole rings is 2. The number of urea groups is 1. The highest BCUT2D eigenvalue weighted by molar-refractivity contribution is 7.24. The lowest BCUT2D eigenvalue weighted by Crippen LogP contribution is -2.29. The number of aryl methyl sites for hydroxylation is 1. The summed E-state index contributed by atoms with van der Waals surface area (Å²) in [5.41, 5.74) is 1.86. The molecule has 1 aromatic carbocycles. The fourth-order valence-electron chi connectivity index (χ4n) is 2.06. The van der Waals surface area contributed by atoms with Crippen LogP contribution in [0.4, 0.5) is 9.93 Å². The van der Waals surface area contributed by atoms with Gasteiger partial charge in [-0.25, -0.2) is 14.8 Å². The molecule has 0 saturated heterocycles. The molecule has 2 amide bonds. The Labute approximate surface area is 130 Å². The van der Waals surface area contributed by atoms with Gasteiger partial charge >= 0.3 is 6.03 Å². The average Bonchev–Trinajstić information content (AvgIpc) is 3.00. The van der Waals surface area contributed by atoms with Crippen molar-refractivity contribution in [1.29, 1.82) is 0 Å². The highest BCUT2D eigenvalue weighted by atomic mass is 32.1. The number of nitrogens with zero attached hydrogens (tertiary/aromatic N) is 2. The summed E-state index contributed by atoms with van der Waals surface area (Å²) >= 11 is 3.14. The summed E-state index contributed by atoms with van der Waals surface area (Å²) < 4.78 is 2.18. The van der Waals surface area contributed by atoms with E-state index in [9.17, 15) is 4.79 Å². The fourth-order valence-corrected chi connectivity index (χ4v) is 3.91. The third-order valence-corrected chi connectivity index (χ3v) is 4.99. The Hall–Kier alpha value is -1.73. The number of anilines is 1. The summed E-state index contributed by atoms with van der Waals surface area (Å²) in [4.78, 5) is 20.8. The Balaban J connectivity index is 1.84. The van der Waals surface area contributed by atoms with E-state index in [1.54, 1.807) is 11.3 Å². The summed E-state index contributed by atoms with van der Waals surface area (Å²) in [6.07, 6.45) is 2.04. The van der Waals surface area contributed by atoms with Crippen molar-refractivity contribution in [1.82, 2.24) is 15.3 Å². The SMILES string of the molecule is CCCCNC(=O)Nc1nc2ccc3sc(C)nc3c2s1. The van der Waals surface area contributed by atoms with Gasteiger partial charge in [-0.2, -0.15) is 0 Å². The largest absolute Gasteiger partial charge is 0.338 e. The van der Waals surface area contributed by atoms with Crippen molar-refractivity contribution in [2.75, 3.05) is 11.9 Å². The molecule has 0 atom stereocenters. The lowest BCUT2D eigenvalue weighted by molar-refractivity contribution is 0.252. The van der Waals surface area contributed by atoms with Crippen molar-refractivity contribution in [2.45, 2.75) is 26.7 Å². The molecular weight excluding hydrogens is 304 g/mol. The molecule has 2 aromatic heterocycles. The van der Waals surface area contributed by atoms with Crippen molar-refractivity contribution in [3.8, 4) is 0 Å². The maximum atomic E-state index is 11.8. The molecule has 3 rings (SSSR count). The fraction of sp³-hybridized carbons (Fsp3) is 0.357. The van der Waals surface area contributed by atoms with Crippen LogP contribution in [0.2, 0.25) is 0 Å². The smallest absolute Gasteiger partial charge is 0.321 e. The van der Waals surface area contributed by atoms with Gasteiger partial charge < -0.3 is 5.32 Å². The molecule has 0 aliphatic rings. The molecule has 3 aromatic rings. The first-order valence-corrected chi connectivity index (χ1v) is 8.52. The van der Waals surface area contributed by atoms with Crippen LogP contribution >= 0.6 is 22.7 Å². The maximum absolute atomic E-state index is 11.8. The number of carbonyl (C=O) groups is 1. The molecule has 0 spiro atoms. The number of amides is 2. The molecule has 0 radical (unpaired) electrons. The Kier molecular flexibility index (Phi) is 4.03. The Morgan fingerprint density at radius 1 is 1.29 bits per heavy atom. The first-order chi connectivity index (χ1) is 10.2. The van der Waals surface area contributed by atoms with Gasteiger partial charge in [0.1, 0.15) is 5.52 Å². The topological polar surface area (TPSA) is 66.9 Å². The van der Waals surface area contributed by atoms with E-state index in [0.29, 0.717) is 11.7 Å². The van der Waals surface area contributed by atoms with E-state index >= 15 is 0 Å². The first-order valence-electron chi connectivity index (χ1n) is 6.89. The summed E-state index contributed by atoms with van der Waals surface area (Å²) in [5.74, 6) is 0. The van der Waals surface area contributed by atoms with Gasteiger partial charge in [0.25, 0.3) is 0 Å². The van der Waals surface area contributed by atoms with Crippen molar-refractivity contribution >= 4 is 54.3 Å². The minimum atomic E-state index is -0.201. The molecule has 0 aliphatic carbocycles. The van der Waals surface area contributed by atoms with E-state index in [2.05, 4.69) is 27.5 Å². The lowest BCUT2D eigenvalue weighted by atomic mass is 10.3. The van der Waals surface area contributed by atoms with E-state index in [0.717, 1.165) is 38.3 Å². The molecule has 2 heterocycles. The van der Waals surface area contributed by atoms with E-state index < -0.39 is 0 Å². The summed E-state index contributed by atoms with van der Waals surface area (Å²) in [5, 5.41) is 7.26. The molecule has 110 valence electrons. The molecule has 7 heteroatoms. The third-order valence-electron chi connectivity index (χ3n) is 3.06. The predicted molar refractivity (Wildman–Crippen MR) is 89.5 cm³/mol. The molecule has 0 aliphatic heterocycles. The van der Waals surface area contributed by atoms with Crippen LogP contribution < -0.4 is 10.6 Å². The van der Waals surface area contributed by atoms with Crippen LogP contribution in [-0.4, -0.2) is 22.5 Å². The highest BCUT2D eigenvalue weighted by Gasteiger charge is 2.12. The van der Waals surface area contributed by atoms with Crippen molar-refractivity contribution < 1.29 is 4.79 Å². The third kappa shape index (κ3) is 2.98. The molecule has 0 unspecified atom stereocenters. The van der Waals surface area contributed by atoms with Gasteiger partial charge in [-0.05, 0) is 25.5 Å². The Bertz CT molecular complexity index is 793. The van der Waals surface area contributed by atoms with Crippen LogP contribution in [0.25, 0.3) is 20.4 Å². The van der Waals surface area contributed by atoms with E-state index in [-0.39, 0.29) is 6.03 Å². The quantitative estimate of drug-likeness (QED) is 0.710. The number of benzene rings is 1. The number of unbranched alkanes of at least 4 members (excludes halogenated alkanes) is 1. The standard InChI is InChI=1S/C14H16N4OS2/c1-3-4-7-15-13(19)18-14-17-9-5-6-10-11(12(9)21-14)16-8(2)20-10/h5-6H,3-4,7H2,1-2H3,(H2,15,17,18,19). The van der Waals surface area contributed by atoms with Crippen LogP contribution in [0.15, 0.2) is 12.1 Å². The van der Waals surface area contributed by atoms with E-state index in [1.807, 2.05) is 19.1 Å². The summed E-state index contributed by atoms with van der Waals surface area (Å²) in [6.45, 7) is 4.77. The lowest BCUT2D eigenvalue weighted by Gasteiger charge is -2.03. The van der Waals surface area contributed by atoms with Gasteiger partial charge in [-0.15, -0.1) is 11.3 Å². The minimum absolute atomic E-state index is 0.201. The monoisotopic (exact) mass is 320 g/mol. The zero-order valence-corrected chi connectivity index (χ0v) is 13.5. The molecule has 21 heavy (non-hydrogen) atoms. The number of nitrogens with one attached hydrogen (secondary N) is 2. The highest BCUT2D eigenvalue weighted by Crippen LogP contribution is 2.34. The number of fused-ring (bicyclic) bond motifs is 3. The van der Waals surface area contributed by atoms with E-state index in [1.165, 1.54) is 11.3 Å². The van der Waals surface area contributed by atoms with Crippen LogP contribution in [0.5, 0.6) is 0 Å². The van der Waals surface area contributed by atoms with Gasteiger partial charge in [0.2, 0.25) is 0 Å². The molecule has 5 nitrogen and oxygen atoms in total. The van der Waals surface area contributed by atoms with Crippen LogP contribution in [0.1, 0.15) is 24.8 Å². The molecule has 0 saturated carbocycles. The second kappa shape index (κ2) is 5.95. The maximum Gasteiger partial charge on any atom is 0.321 e. The first kappa shape index (κ1) is 14.2. The molecule has 0 fully saturated rings. The Morgan fingerprint density at radius 2 is 2.14 bits per heavy atom. The number of carbonyl (C=O) groups excluding carboxylic acids is 1. The zero-order chi connectivity index (χ0) is 14.8. The van der Waals surface area contributed by atoms with Gasteiger partial charge in [0.05, 0.1) is 19.9 Å². The van der Waals surface area contributed by atoms with Crippen molar-refractivity contribution in [2.24, 2.45) is 0 Å². The second-order valence-corrected chi connectivity index (χ2v) is 6.98. The zero-order valence-electron chi connectivity index (χ0n) is 11.9. The molecular formula is C14H16N4OS2. The van der Waals surface area contributed by atoms with Gasteiger partial charge in [-0.1, -0.05) is 24.7 Å². The summed E-state index contributed by atoms with van der Waals surface area (Å²) in [6, 6.07) is 3.81. The van der Waals surface area contributed by atoms with Gasteiger partial charge in [-0.3, -0.25) is 5.32 Å². The number of hydrogen-bond donors (Lipinski definition) is 2. The molecule has 2 N–H and O–H groups in total. The van der Waals surface area contributed by atoms with Gasteiger partial charge in [0, 0.05) is 6.54 Å². The second-order valence-electron chi connectivity index (χ2n) is 4.75. The number of rotatable bonds is 4. The van der Waals surface area contributed by atoms with E-state index in [4.69, 9.17) is 0 Å². The van der Waals surface area contributed by atoms with Crippen LogP contribution in [-0.2, 0) is 0 Å². The number of aromatic nitrogens is 2. The normalized spacial score (nSPS) is 11.1. The van der Waals surface area contributed by atoms with Crippen LogP contribution in [0.3, 0.4) is 0 Å². The Morgan fingerprint density at radius 3 is 2.95 bits per heavy atom. The number of hydrogen-bond acceptors (Lipinski definition) is 5. The minimum Gasteiger partial charge on any atom is -0.338 e. The van der Waals surface area contributed by atoms with Crippen LogP contribution in [0, 0.1) is 6.92 Å². The van der Waals surface area contributed by atoms with Gasteiger partial charge in [0.15, 0.2) is 5.13 Å². The van der Waals surface area contributed by atoms with Crippen molar-refractivity contribution in [3.05, 3.63) is 17.1 Å².